The fourth-order valence-electron chi connectivity index (χ4n) is 7.68. The first-order valence-electron chi connectivity index (χ1n) is 16.2. The molecule has 0 bridgehead atoms. The third kappa shape index (κ3) is 4.48. The number of anilines is 4. The molecule has 234 valence electrons. The minimum atomic E-state index is -0.254. The Bertz CT molecular complexity index is 2260. The summed E-state index contributed by atoms with van der Waals surface area (Å²) in [6, 6.07) is 24.4. The maximum Gasteiger partial charge on any atom is 0.197 e. The molecule has 5 aromatic carbocycles. The van der Waals surface area contributed by atoms with Crippen molar-refractivity contribution in [3.8, 4) is 0 Å². The zero-order valence-electron chi connectivity index (χ0n) is 27.8. The van der Waals surface area contributed by atoms with Gasteiger partial charge in [-0.25, -0.2) is 0 Å². The van der Waals surface area contributed by atoms with Gasteiger partial charge in [0, 0.05) is 23.5 Å². The zero-order valence-corrected chi connectivity index (χ0v) is 27.8. The number of Topliss-reactive ketones (excluding diaryl/α,β-unsaturated/α-hetero) is 2. The molecule has 48 heavy (non-hydrogen) atoms. The third-order valence-corrected chi connectivity index (χ3v) is 9.49. The van der Waals surface area contributed by atoms with Gasteiger partial charge in [-0.05, 0) is 111 Å². The van der Waals surface area contributed by atoms with Crippen LogP contribution in [0.5, 0.6) is 0 Å². The fraction of sp³-hybridized carbons (Fsp3) is 0.143. The molecule has 6 nitrogen and oxygen atoms in total. The molecule has 6 aromatic rings. The van der Waals surface area contributed by atoms with Gasteiger partial charge in [0.2, 0.25) is 0 Å². The predicted molar refractivity (Wildman–Crippen MR) is 194 cm³/mol. The predicted octanol–water partition coefficient (Wildman–Crippen LogP) is 9.77. The van der Waals surface area contributed by atoms with Gasteiger partial charge >= 0.3 is 0 Å². The van der Waals surface area contributed by atoms with Crippen LogP contribution in [0.1, 0.15) is 54.1 Å². The molecule has 0 N–H and O–H groups in total. The number of carbonyl (C=O) groups excluding carboxylic acids is 2. The highest BCUT2D eigenvalue weighted by Gasteiger charge is 2.38. The van der Waals surface area contributed by atoms with E-state index in [1.165, 1.54) is 11.1 Å². The standard InChI is InChI=1S/C42H34N4O2/c1-23-15-25(3)39(26(4)16-23)45-36-21-34-35(44-14-13-43-34)22-37(36)46(40-27(5)17-24(2)18-28(40)6)38(45)12-11-31-41(47)32-19-29-9-7-8-10-30(29)20-33(32)42(31)48/h7-22H,1-6H3. The van der Waals surface area contributed by atoms with E-state index in [1.807, 2.05) is 42.5 Å². The van der Waals surface area contributed by atoms with Crippen molar-refractivity contribution >= 4 is 56.1 Å². The average Bonchev–Trinajstić information content (AvgIpc) is 3.46. The second-order valence-corrected chi connectivity index (χ2v) is 13.1. The summed E-state index contributed by atoms with van der Waals surface area (Å²) in [5, 5.41) is 1.87. The maximum absolute atomic E-state index is 13.9. The quantitative estimate of drug-likeness (QED) is 0.144. The molecule has 1 aliphatic carbocycles. The normalized spacial score (nSPS) is 14.0. The van der Waals surface area contributed by atoms with Crippen LogP contribution in [0, 0.1) is 41.5 Å². The number of hydrogen-bond acceptors (Lipinski definition) is 6. The fourth-order valence-corrected chi connectivity index (χ4v) is 7.68. The Hall–Kier alpha value is -5.88. The maximum atomic E-state index is 13.9. The SMILES string of the molecule is Cc1cc(C)c(N2C(=CC=C3C(=O)c4cc5ccccc5cc4C3=O)N(c3c(C)cc(C)cc3C)c3cc4nccnc4cc32)c(C)c1. The van der Waals surface area contributed by atoms with Crippen LogP contribution in [0.3, 0.4) is 0 Å². The van der Waals surface area contributed by atoms with E-state index in [0.717, 1.165) is 72.6 Å². The Kier molecular flexibility index (Phi) is 6.67. The number of aryl methyl sites for hydroxylation is 6. The van der Waals surface area contributed by atoms with Gasteiger partial charge in [-0.2, -0.15) is 0 Å². The monoisotopic (exact) mass is 626 g/mol. The lowest BCUT2D eigenvalue weighted by atomic mass is 10.0. The number of allylic oxidation sites excluding steroid dienone is 3. The van der Waals surface area contributed by atoms with E-state index in [2.05, 4.69) is 97.7 Å². The number of nitrogens with zero attached hydrogens (tertiary/aromatic N) is 4. The van der Waals surface area contributed by atoms with Crippen LogP contribution in [0.4, 0.5) is 22.7 Å². The van der Waals surface area contributed by atoms with Crippen LogP contribution in [-0.4, -0.2) is 21.5 Å². The molecule has 2 heterocycles. The Morgan fingerprint density at radius 1 is 0.542 bits per heavy atom. The average molecular weight is 627 g/mol. The van der Waals surface area contributed by atoms with E-state index in [9.17, 15) is 9.59 Å². The van der Waals surface area contributed by atoms with Gasteiger partial charge in [0.25, 0.3) is 0 Å². The highest BCUT2D eigenvalue weighted by molar-refractivity contribution is 6.40. The Balaban J connectivity index is 1.41. The third-order valence-electron chi connectivity index (χ3n) is 9.49. The van der Waals surface area contributed by atoms with E-state index < -0.39 is 0 Å². The number of carbonyl (C=O) groups is 2. The van der Waals surface area contributed by atoms with Crippen molar-refractivity contribution in [3.05, 3.63) is 153 Å². The van der Waals surface area contributed by atoms with Crippen molar-refractivity contribution in [2.75, 3.05) is 9.80 Å². The highest BCUT2D eigenvalue weighted by Crippen LogP contribution is 2.53. The number of aromatic nitrogens is 2. The molecule has 0 saturated heterocycles. The molecule has 6 heteroatoms. The number of rotatable bonds is 3. The summed E-state index contributed by atoms with van der Waals surface area (Å²) in [5.74, 6) is 0.297. The van der Waals surface area contributed by atoms with E-state index in [0.29, 0.717) is 11.1 Å². The van der Waals surface area contributed by atoms with E-state index in [-0.39, 0.29) is 17.1 Å². The van der Waals surface area contributed by atoms with E-state index in [4.69, 9.17) is 0 Å². The summed E-state index contributed by atoms with van der Waals surface area (Å²) in [7, 11) is 0. The summed E-state index contributed by atoms with van der Waals surface area (Å²) in [6.45, 7) is 12.7. The lowest BCUT2D eigenvalue weighted by Crippen LogP contribution is -2.24. The molecule has 0 fully saturated rings. The van der Waals surface area contributed by atoms with Crippen molar-refractivity contribution in [3.63, 3.8) is 0 Å². The molecule has 1 aromatic heterocycles. The Labute approximate surface area is 279 Å². The van der Waals surface area contributed by atoms with Crippen molar-refractivity contribution in [1.29, 1.82) is 0 Å². The summed E-state index contributed by atoms with van der Waals surface area (Å²) in [4.78, 5) is 41.5. The first kappa shape index (κ1) is 29.5. The molecule has 2 aliphatic rings. The number of ketones is 2. The highest BCUT2D eigenvalue weighted by atomic mass is 16.2. The van der Waals surface area contributed by atoms with Crippen LogP contribution in [0.25, 0.3) is 21.8 Å². The van der Waals surface area contributed by atoms with Crippen LogP contribution >= 0.6 is 0 Å². The van der Waals surface area contributed by atoms with Crippen LogP contribution in [0.2, 0.25) is 0 Å². The van der Waals surface area contributed by atoms with Gasteiger partial charge in [0.05, 0.1) is 39.4 Å². The largest absolute Gasteiger partial charge is 0.293 e. The lowest BCUT2D eigenvalue weighted by Gasteiger charge is -2.30. The number of hydrogen-bond donors (Lipinski definition) is 0. The molecule has 0 amide bonds. The molecule has 1 aliphatic heterocycles. The van der Waals surface area contributed by atoms with Gasteiger partial charge in [0.15, 0.2) is 11.6 Å². The summed E-state index contributed by atoms with van der Waals surface area (Å²) in [5.41, 5.74) is 13.4. The van der Waals surface area contributed by atoms with Gasteiger partial charge in [-0.1, -0.05) is 59.7 Å². The molecule has 0 radical (unpaired) electrons. The lowest BCUT2D eigenvalue weighted by molar-refractivity contribution is 0.0988. The molecule has 0 unspecified atom stereocenters. The number of fused-ring (bicyclic) bond motifs is 4. The van der Waals surface area contributed by atoms with Gasteiger partial charge in [-0.3, -0.25) is 29.4 Å². The van der Waals surface area contributed by atoms with Gasteiger partial charge < -0.3 is 0 Å². The topological polar surface area (TPSA) is 66.4 Å². The second-order valence-electron chi connectivity index (χ2n) is 13.1. The van der Waals surface area contributed by atoms with Crippen molar-refractivity contribution in [2.24, 2.45) is 0 Å². The smallest absolute Gasteiger partial charge is 0.197 e. The molecule has 8 rings (SSSR count). The molecular weight excluding hydrogens is 592 g/mol. The zero-order chi connectivity index (χ0) is 33.4. The van der Waals surface area contributed by atoms with Gasteiger partial charge in [-0.15, -0.1) is 0 Å². The van der Waals surface area contributed by atoms with E-state index >= 15 is 0 Å². The van der Waals surface area contributed by atoms with Gasteiger partial charge in [0.1, 0.15) is 5.82 Å². The minimum absolute atomic E-state index is 0.159. The first-order chi connectivity index (χ1) is 23.1. The second kappa shape index (κ2) is 10.8. The van der Waals surface area contributed by atoms with Crippen molar-refractivity contribution in [2.45, 2.75) is 41.5 Å². The van der Waals surface area contributed by atoms with E-state index in [1.54, 1.807) is 18.5 Å². The summed E-state index contributed by atoms with van der Waals surface area (Å²) >= 11 is 0. The molecule has 0 spiro atoms. The Morgan fingerprint density at radius 3 is 1.38 bits per heavy atom. The minimum Gasteiger partial charge on any atom is -0.293 e. The molecule has 0 atom stereocenters. The van der Waals surface area contributed by atoms with Crippen LogP contribution in [0.15, 0.2) is 109 Å². The number of benzene rings is 5. The molecule has 0 saturated carbocycles. The Morgan fingerprint density at radius 2 is 0.958 bits per heavy atom. The molecular formula is C42H34N4O2. The van der Waals surface area contributed by atoms with Crippen molar-refractivity contribution in [1.82, 2.24) is 9.97 Å². The van der Waals surface area contributed by atoms with Crippen LogP contribution in [-0.2, 0) is 0 Å². The summed E-state index contributed by atoms with van der Waals surface area (Å²) in [6.07, 6.45) is 7.06. The van der Waals surface area contributed by atoms with Crippen molar-refractivity contribution < 1.29 is 9.59 Å². The summed E-state index contributed by atoms with van der Waals surface area (Å²) < 4.78 is 0. The van der Waals surface area contributed by atoms with Crippen LogP contribution < -0.4 is 9.80 Å². The first-order valence-corrected chi connectivity index (χ1v) is 16.2.